The highest BCUT2D eigenvalue weighted by Gasteiger charge is 2.22. The minimum Gasteiger partial charge on any atom is -0.361 e. The lowest BCUT2D eigenvalue weighted by molar-refractivity contribution is 0.326. The van der Waals surface area contributed by atoms with E-state index in [0.717, 1.165) is 0 Å². The third-order valence-electron chi connectivity index (χ3n) is 9.39. The summed E-state index contributed by atoms with van der Waals surface area (Å²) in [6.07, 6.45) is 6.06. The van der Waals surface area contributed by atoms with Crippen molar-refractivity contribution >= 4 is 73.4 Å². The molecule has 20 nitrogen and oxygen atoms in total. The number of halogens is 2. The minimum absolute atomic E-state index is 0.0957. The van der Waals surface area contributed by atoms with E-state index in [9.17, 15) is 19.2 Å². The first-order valence-corrected chi connectivity index (χ1v) is 20.5. The Morgan fingerprint density at radius 3 is 1.50 bits per heavy atom. The van der Waals surface area contributed by atoms with Gasteiger partial charge in [0.1, 0.15) is 29.5 Å². The molecular formula is C42H50Cl2N16O4. The maximum atomic E-state index is 12.2. The maximum absolute atomic E-state index is 12.2. The molecule has 0 N–H and O–H groups in total. The molecule has 0 aliphatic carbocycles. The molecular weight excluding hydrogens is 863 g/mol. The first-order valence-electron chi connectivity index (χ1n) is 19.7. The fraction of sp³-hybridized carbons (Fsp3) is 0.429. The Balaban J connectivity index is 0.000000161. The van der Waals surface area contributed by atoms with Crippen molar-refractivity contribution in [3.63, 3.8) is 0 Å². The van der Waals surface area contributed by atoms with Gasteiger partial charge in [0, 0.05) is 30.7 Å². The molecule has 0 amide bonds. The van der Waals surface area contributed by atoms with E-state index in [0.29, 0.717) is 49.5 Å². The highest BCUT2D eigenvalue weighted by atomic mass is 35.5. The van der Waals surface area contributed by atoms with Crippen LogP contribution in [-0.2, 0) is 36.3 Å². The maximum Gasteiger partial charge on any atom is 0.296 e. The Labute approximate surface area is 377 Å². The molecule has 0 saturated carbocycles. The molecule has 0 spiro atoms. The zero-order valence-electron chi connectivity index (χ0n) is 38.2. The summed E-state index contributed by atoms with van der Waals surface area (Å²) < 4.78 is 9.31. The lowest BCUT2D eigenvalue weighted by Crippen LogP contribution is -2.37. The average Bonchev–Trinajstić information content (AvgIpc) is 3.71. The van der Waals surface area contributed by atoms with Gasteiger partial charge in [-0.05, 0) is 113 Å². The molecule has 22 heteroatoms. The number of hydrogen-bond donors (Lipinski definition) is 0. The number of aromatic nitrogens is 15. The third-order valence-corrected chi connectivity index (χ3v) is 9.94. The summed E-state index contributed by atoms with van der Waals surface area (Å²) in [7, 11) is 3.47. The zero-order chi connectivity index (χ0) is 47.9. The number of pyridine rings is 2. The summed E-state index contributed by atoms with van der Waals surface area (Å²) in [6.45, 7) is 30.1. The van der Waals surface area contributed by atoms with Gasteiger partial charge in [0.2, 0.25) is 10.9 Å². The summed E-state index contributed by atoms with van der Waals surface area (Å²) in [5.41, 5.74) is 0.595. The molecule has 0 radical (unpaired) electrons. The van der Waals surface area contributed by atoms with Crippen molar-refractivity contribution in [1.29, 1.82) is 0 Å². The fourth-order valence-corrected chi connectivity index (χ4v) is 6.26. The van der Waals surface area contributed by atoms with Crippen molar-refractivity contribution in [2.45, 2.75) is 105 Å². The number of nitrogens with zero attached hydrogens (tertiary/aromatic N) is 16. The van der Waals surface area contributed by atoms with E-state index in [2.05, 4.69) is 50.0 Å². The Morgan fingerprint density at radius 2 is 1.00 bits per heavy atom. The van der Waals surface area contributed by atoms with Crippen LogP contribution >= 0.6 is 23.2 Å². The smallest absolute Gasteiger partial charge is 0.296 e. The predicted octanol–water partition coefficient (Wildman–Crippen LogP) is 6.12. The van der Waals surface area contributed by atoms with Crippen LogP contribution in [0.4, 0.5) is 5.82 Å². The molecule has 64 heavy (non-hydrogen) atoms. The first kappa shape index (κ1) is 48.3. The van der Waals surface area contributed by atoms with Gasteiger partial charge in [0.05, 0.1) is 17.3 Å². The second-order valence-corrected chi connectivity index (χ2v) is 19.3. The highest BCUT2D eigenvalue weighted by Crippen LogP contribution is 2.18. The lowest BCUT2D eigenvalue weighted by atomic mass is 10.1. The zero-order valence-corrected chi connectivity index (χ0v) is 39.7. The molecule has 0 saturated heterocycles. The monoisotopic (exact) mass is 912 g/mol. The molecule has 0 aliphatic heterocycles. The summed E-state index contributed by atoms with van der Waals surface area (Å²) in [5.74, 6) is 0.248. The minimum atomic E-state index is -0.372. The van der Waals surface area contributed by atoms with Crippen LogP contribution in [0.5, 0.6) is 0 Å². The van der Waals surface area contributed by atoms with Crippen molar-refractivity contribution in [2.24, 2.45) is 14.1 Å². The fourth-order valence-electron chi connectivity index (χ4n) is 5.95. The van der Waals surface area contributed by atoms with E-state index in [4.69, 9.17) is 29.8 Å². The van der Waals surface area contributed by atoms with Crippen molar-refractivity contribution in [1.82, 2.24) is 72.7 Å². The van der Waals surface area contributed by atoms with E-state index in [1.165, 1.54) is 29.7 Å². The van der Waals surface area contributed by atoms with Gasteiger partial charge in [-0.15, -0.1) is 5.10 Å². The number of aryl methyl sites for hydroxylation is 2. The number of imidazole rings is 2. The van der Waals surface area contributed by atoms with Gasteiger partial charge in [0.15, 0.2) is 22.3 Å². The molecule has 0 aromatic carbocycles. The molecule has 0 aliphatic rings. The Kier molecular flexibility index (Phi) is 13.4. The van der Waals surface area contributed by atoms with Crippen LogP contribution in [0.15, 0.2) is 68.8 Å². The molecule has 8 aromatic rings. The third kappa shape index (κ3) is 10.2. The second kappa shape index (κ2) is 17.8. The molecule has 0 unspecified atom stereocenters. The number of hydrogen-bond acceptors (Lipinski definition) is 13. The van der Waals surface area contributed by atoms with Gasteiger partial charge < -0.3 is 14.0 Å². The summed E-state index contributed by atoms with van der Waals surface area (Å²) in [6, 6.07) is 6.39. The van der Waals surface area contributed by atoms with E-state index in [1.54, 1.807) is 61.5 Å². The molecule has 0 bridgehead atoms. The van der Waals surface area contributed by atoms with Crippen molar-refractivity contribution < 1.29 is 0 Å². The van der Waals surface area contributed by atoms with E-state index >= 15 is 0 Å². The van der Waals surface area contributed by atoms with E-state index in [-0.39, 0.29) is 55.5 Å². The molecule has 336 valence electrons. The van der Waals surface area contributed by atoms with Crippen molar-refractivity contribution in [2.75, 3.05) is 0 Å². The lowest BCUT2D eigenvalue weighted by Gasteiger charge is -2.21. The Morgan fingerprint density at radius 1 is 0.531 bits per heavy atom. The van der Waals surface area contributed by atoms with Crippen LogP contribution in [0.25, 0.3) is 49.2 Å². The van der Waals surface area contributed by atoms with Crippen LogP contribution in [0.1, 0.15) is 83.1 Å². The second-order valence-electron chi connectivity index (χ2n) is 18.5. The van der Waals surface area contributed by atoms with Crippen LogP contribution < -0.4 is 22.2 Å². The summed E-state index contributed by atoms with van der Waals surface area (Å²) in [5, 5.41) is 9.32. The molecule has 0 atom stereocenters. The van der Waals surface area contributed by atoms with Gasteiger partial charge in [-0.3, -0.25) is 32.9 Å². The van der Waals surface area contributed by atoms with E-state index in [1.807, 2.05) is 83.1 Å². The van der Waals surface area contributed by atoms with E-state index < -0.39 is 0 Å². The number of rotatable bonds is 0. The average molecular weight is 914 g/mol. The topological polar surface area (TPSA) is 218 Å². The van der Waals surface area contributed by atoms with Crippen molar-refractivity contribution in [3.8, 4) is 0 Å². The van der Waals surface area contributed by atoms with Gasteiger partial charge in [-0.2, -0.15) is 9.97 Å². The van der Waals surface area contributed by atoms with Gasteiger partial charge in [-0.1, -0.05) is 34.4 Å². The van der Waals surface area contributed by atoms with Crippen LogP contribution in [0.2, 0.25) is 10.4 Å². The Hall–Kier alpha value is -6.72. The van der Waals surface area contributed by atoms with Crippen LogP contribution in [0.3, 0.4) is 0 Å². The first-order chi connectivity index (χ1) is 29.6. The largest absolute Gasteiger partial charge is 0.361 e. The normalized spacial score (nSPS) is 12.0. The van der Waals surface area contributed by atoms with Crippen LogP contribution in [-0.4, -0.2) is 72.7 Å². The van der Waals surface area contributed by atoms with Gasteiger partial charge in [0.25, 0.3) is 33.7 Å². The van der Waals surface area contributed by atoms with Gasteiger partial charge in [-0.25, -0.2) is 24.6 Å². The van der Waals surface area contributed by atoms with Crippen LogP contribution in [0, 0.1) is 6.57 Å². The molecule has 8 heterocycles. The molecule has 8 rings (SSSR count). The van der Waals surface area contributed by atoms with Gasteiger partial charge >= 0.3 is 0 Å². The molecule has 0 fully saturated rings. The molecule has 8 aromatic heterocycles. The Bertz CT molecular complexity index is 3330. The SMILES string of the molecule is CC(C)(C)n1cnc2nc(Cl)ccc2c1=O.Cn1c(Cl)nc2ncn(C(C)(C)C)c(=O)c21.Cn1cnc2nnn(C(C)(C)C)c(=O)c21.[C-]#[N+]c1ccc2c(=O)n(C(C)(C)C)cnc2n1. The standard InChI is InChI=1S/C12H12N4O.C11H12ClN3O.C10H13ClN4O.C9H13N5O/c1-12(2,3)16-7-14-10-8(11(16)17)5-6-9(13-4)15-10;1-11(2,3)15-6-13-9-7(10(15)16)4-5-8(12)14-9;1-10(2,3)15-5-12-7-6(8(15)16)14(4)9(11)13-7;1-9(2,3)14-8(15)6-7(11-12-14)10-5-13(6)4/h5-7H,1-3H3;4-6H,1-3H3;5H,1-4H3;5H,1-4H3. The summed E-state index contributed by atoms with van der Waals surface area (Å²) in [4.78, 5) is 80.2. The van der Waals surface area contributed by atoms with Crippen molar-refractivity contribution in [3.05, 3.63) is 113 Å². The highest BCUT2D eigenvalue weighted by molar-refractivity contribution is 6.29. The predicted molar refractivity (Wildman–Crippen MR) is 247 cm³/mol. The number of fused-ring (bicyclic) bond motifs is 4. The summed E-state index contributed by atoms with van der Waals surface area (Å²) >= 11 is 11.6. The quantitative estimate of drug-likeness (QED) is 0.0953.